The minimum Gasteiger partial charge on any atom is -0.490 e. The summed E-state index contributed by atoms with van der Waals surface area (Å²) in [4.78, 5) is 14.3. The van der Waals surface area contributed by atoms with Crippen LogP contribution in [0.3, 0.4) is 0 Å². The van der Waals surface area contributed by atoms with Crippen LogP contribution in [0.2, 0.25) is 0 Å². The van der Waals surface area contributed by atoms with Crippen LogP contribution in [0.1, 0.15) is 12.8 Å². The summed E-state index contributed by atoms with van der Waals surface area (Å²) in [5.41, 5.74) is 0. The second kappa shape index (κ2) is 8.86. The van der Waals surface area contributed by atoms with E-state index < -0.39 is 10.0 Å². The van der Waals surface area contributed by atoms with E-state index in [-0.39, 0.29) is 36.2 Å². The molecule has 0 radical (unpaired) electrons. The van der Waals surface area contributed by atoms with Crippen molar-refractivity contribution in [1.82, 2.24) is 14.9 Å². The molecular formula is C18H26ClN3O5S. The molecule has 156 valence electrons. The van der Waals surface area contributed by atoms with Gasteiger partial charge in [0.25, 0.3) is 0 Å². The highest BCUT2D eigenvalue weighted by Gasteiger charge is 2.37. The number of fused-ring (bicyclic) bond motifs is 2. The summed E-state index contributed by atoms with van der Waals surface area (Å²) in [6, 6.07) is 4.57. The zero-order chi connectivity index (χ0) is 18.9. The Balaban J connectivity index is 0.00000225. The molecule has 0 aromatic heterocycles. The molecule has 4 rings (SSSR count). The molecule has 2 atom stereocenters. The number of carbonyl (C=O) groups is 1. The third kappa shape index (κ3) is 4.53. The third-order valence-electron chi connectivity index (χ3n) is 5.40. The molecule has 3 aliphatic rings. The first-order chi connectivity index (χ1) is 13.0. The highest BCUT2D eigenvalue weighted by molar-refractivity contribution is 7.89. The largest absolute Gasteiger partial charge is 0.490 e. The maximum Gasteiger partial charge on any atom is 0.240 e. The molecule has 0 bridgehead atoms. The summed E-state index contributed by atoms with van der Waals surface area (Å²) in [7, 11) is -3.71. The van der Waals surface area contributed by atoms with E-state index >= 15 is 0 Å². The Hall–Kier alpha value is -1.55. The van der Waals surface area contributed by atoms with Crippen LogP contribution in [0.15, 0.2) is 23.1 Å². The van der Waals surface area contributed by atoms with Crippen LogP contribution in [-0.4, -0.2) is 65.2 Å². The number of benzene rings is 1. The average molecular weight is 432 g/mol. The zero-order valence-corrected chi connectivity index (χ0v) is 17.2. The number of hydrogen-bond donors (Lipinski definition) is 2. The van der Waals surface area contributed by atoms with Crippen molar-refractivity contribution in [2.45, 2.75) is 17.7 Å². The third-order valence-corrected chi connectivity index (χ3v) is 6.86. The Labute approximate surface area is 171 Å². The molecule has 10 heteroatoms. The molecule has 8 nitrogen and oxygen atoms in total. The smallest absolute Gasteiger partial charge is 0.240 e. The lowest BCUT2D eigenvalue weighted by atomic mass is 10.0. The maximum absolute atomic E-state index is 12.5. The summed E-state index contributed by atoms with van der Waals surface area (Å²) >= 11 is 0. The topological polar surface area (TPSA) is 97.0 Å². The molecule has 3 heterocycles. The van der Waals surface area contributed by atoms with Gasteiger partial charge in [0.15, 0.2) is 11.5 Å². The van der Waals surface area contributed by atoms with Gasteiger partial charge in [0.2, 0.25) is 15.9 Å². The molecule has 1 aromatic rings. The number of carbonyl (C=O) groups excluding carboxylic acids is 1. The van der Waals surface area contributed by atoms with E-state index in [1.165, 1.54) is 12.1 Å². The van der Waals surface area contributed by atoms with Gasteiger partial charge in [-0.15, -0.1) is 12.4 Å². The Bertz CT molecular complexity index is 807. The van der Waals surface area contributed by atoms with Crippen molar-refractivity contribution in [2.75, 3.05) is 45.9 Å². The van der Waals surface area contributed by atoms with Crippen LogP contribution in [-0.2, 0) is 14.8 Å². The molecule has 28 heavy (non-hydrogen) atoms. The van der Waals surface area contributed by atoms with Gasteiger partial charge in [-0.2, -0.15) is 0 Å². The lowest BCUT2D eigenvalue weighted by Crippen LogP contribution is -2.35. The number of nitrogens with zero attached hydrogens (tertiary/aromatic N) is 1. The van der Waals surface area contributed by atoms with Gasteiger partial charge in [-0.3, -0.25) is 4.79 Å². The first-order valence-electron chi connectivity index (χ1n) is 9.41. The van der Waals surface area contributed by atoms with Crippen LogP contribution in [0.5, 0.6) is 11.5 Å². The van der Waals surface area contributed by atoms with Gasteiger partial charge in [-0.05, 0) is 24.0 Å². The van der Waals surface area contributed by atoms with E-state index in [9.17, 15) is 13.2 Å². The SMILES string of the molecule is Cl.O=C(CCNS(=O)(=O)c1ccc2c(c1)OCCCO2)N1C[C@H]2CNC[C@H]2C1. The van der Waals surface area contributed by atoms with Crippen molar-refractivity contribution < 1.29 is 22.7 Å². The highest BCUT2D eigenvalue weighted by atomic mass is 35.5. The van der Waals surface area contributed by atoms with Crippen molar-refractivity contribution in [2.24, 2.45) is 11.8 Å². The first-order valence-corrected chi connectivity index (χ1v) is 10.9. The van der Waals surface area contributed by atoms with Gasteiger partial charge in [-0.1, -0.05) is 0 Å². The molecule has 0 saturated carbocycles. The fourth-order valence-corrected chi connectivity index (χ4v) is 4.95. The van der Waals surface area contributed by atoms with Gasteiger partial charge >= 0.3 is 0 Å². The second-order valence-corrected chi connectivity index (χ2v) is 9.05. The van der Waals surface area contributed by atoms with Crippen LogP contribution in [0, 0.1) is 11.8 Å². The van der Waals surface area contributed by atoms with Crippen molar-refractivity contribution >= 4 is 28.3 Å². The van der Waals surface area contributed by atoms with Crippen molar-refractivity contribution in [1.29, 1.82) is 0 Å². The van der Waals surface area contributed by atoms with Gasteiger partial charge in [0.1, 0.15) is 0 Å². The monoisotopic (exact) mass is 431 g/mol. The molecule has 1 amide bonds. The molecule has 0 aliphatic carbocycles. The first kappa shape index (κ1) is 21.2. The average Bonchev–Trinajstić information content (AvgIpc) is 3.16. The van der Waals surface area contributed by atoms with Gasteiger partial charge in [-0.25, -0.2) is 13.1 Å². The van der Waals surface area contributed by atoms with Crippen LogP contribution in [0.25, 0.3) is 0 Å². The number of rotatable bonds is 5. The Morgan fingerprint density at radius 1 is 1.14 bits per heavy atom. The molecule has 2 saturated heterocycles. The summed E-state index contributed by atoms with van der Waals surface area (Å²) in [6.07, 6.45) is 0.919. The Morgan fingerprint density at radius 3 is 2.54 bits per heavy atom. The standard InChI is InChI=1S/C18H25N3O5S.ClH/c22-18(21-11-13-9-19-10-14(13)12-21)4-5-20-27(23,24)15-2-3-16-17(8-15)26-7-1-6-25-16;/h2-3,8,13-14,19-20H,1,4-7,9-12H2;1H/t13-,14+;. The zero-order valence-electron chi connectivity index (χ0n) is 15.6. The highest BCUT2D eigenvalue weighted by Crippen LogP contribution is 2.32. The Morgan fingerprint density at radius 2 is 1.82 bits per heavy atom. The minimum atomic E-state index is -3.71. The molecule has 0 spiro atoms. The van der Waals surface area contributed by atoms with Crippen LogP contribution in [0.4, 0.5) is 0 Å². The molecule has 2 fully saturated rings. The summed E-state index contributed by atoms with van der Waals surface area (Å²) in [6.45, 7) is 4.59. The predicted molar refractivity (Wildman–Crippen MR) is 106 cm³/mol. The van der Waals surface area contributed by atoms with E-state index in [2.05, 4.69) is 10.0 Å². The van der Waals surface area contributed by atoms with E-state index in [0.29, 0.717) is 36.5 Å². The molecular weight excluding hydrogens is 406 g/mol. The van der Waals surface area contributed by atoms with Gasteiger partial charge in [0.05, 0.1) is 18.1 Å². The molecule has 0 unspecified atom stereocenters. The summed E-state index contributed by atoms with van der Waals surface area (Å²) in [5, 5.41) is 3.34. The number of likely N-dealkylation sites (tertiary alicyclic amines) is 1. The number of nitrogens with one attached hydrogen (secondary N) is 2. The van der Waals surface area contributed by atoms with Crippen molar-refractivity contribution in [3.05, 3.63) is 18.2 Å². The maximum atomic E-state index is 12.5. The number of sulfonamides is 1. The Kier molecular flexibility index (Phi) is 6.69. The van der Waals surface area contributed by atoms with E-state index in [4.69, 9.17) is 9.47 Å². The van der Waals surface area contributed by atoms with E-state index in [0.717, 1.165) is 32.6 Å². The fourth-order valence-electron chi connectivity index (χ4n) is 3.90. The van der Waals surface area contributed by atoms with Crippen molar-refractivity contribution in [3.63, 3.8) is 0 Å². The summed E-state index contributed by atoms with van der Waals surface area (Å²) < 4.78 is 38.6. The summed E-state index contributed by atoms with van der Waals surface area (Å²) in [5.74, 6) is 2.06. The van der Waals surface area contributed by atoms with Crippen LogP contribution >= 0.6 is 12.4 Å². The quantitative estimate of drug-likeness (QED) is 0.709. The number of halogens is 1. The second-order valence-electron chi connectivity index (χ2n) is 7.28. The van der Waals surface area contributed by atoms with Gasteiger partial charge < -0.3 is 19.7 Å². The minimum absolute atomic E-state index is 0. The number of hydrogen-bond acceptors (Lipinski definition) is 6. The van der Waals surface area contributed by atoms with Crippen LogP contribution < -0.4 is 19.5 Å². The lowest BCUT2D eigenvalue weighted by Gasteiger charge is -2.17. The number of ether oxygens (including phenoxy) is 2. The van der Waals surface area contributed by atoms with E-state index in [1.54, 1.807) is 6.07 Å². The molecule has 1 aromatic carbocycles. The predicted octanol–water partition coefficient (Wildman–Crippen LogP) is 0.616. The fraction of sp³-hybridized carbons (Fsp3) is 0.611. The van der Waals surface area contributed by atoms with E-state index in [1.807, 2.05) is 4.90 Å². The van der Waals surface area contributed by atoms with Crippen molar-refractivity contribution in [3.8, 4) is 11.5 Å². The van der Waals surface area contributed by atoms with Gasteiger partial charge in [0, 0.05) is 51.6 Å². The molecule has 3 aliphatic heterocycles. The number of amides is 1. The molecule has 2 N–H and O–H groups in total. The lowest BCUT2D eigenvalue weighted by molar-refractivity contribution is -0.130. The normalized spacial score (nSPS) is 23.6.